The minimum Gasteiger partial charge on any atom is -0.481 e. The summed E-state index contributed by atoms with van der Waals surface area (Å²) in [5, 5.41) is 24.5. The van der Waals surface area contributed by atoms with Crippen LogP contribution in [0.2, 0.25) is 0 Å². The van der Waals surface area contributed by atoms with E-state index in [9.17, 15) is 29.4 Å². The van der Waals surface area contributed by atoms with Crippen molar-refractivity contribution in [3.8, 4) is 23.0 Å². The SMILES string of the molecule is O=C(O)[C@H]1[C@H](C(=O)O)[C@H](C(=O)N(Cc2ccc(Oc3ccccc3)cc2)Cc2cccs2)[C@H]1C(=O)N(Cc1ccc(Oc2ccccc2)cc1)Cc1cccs1. The largest absolute Gasteiger partial charge is 0.481 e. The van der Waals surface area contributed by atoms with Crippen molar-refractivity contribution in [3.63, 3.8) is 0 Å². The minimum atomic E-state index is -1.60. The summed E-state index contributed by atoms with van der Waals surface area (Å²) in [4.78, 5) is 59.7. The number of carboxylic acids is 2. The van der Waals surface area contributed by atoms with Crippen LogP contribution in [0.1, 0.15) is 20.9 Å². The molecule has 0 unspecified atom stereocenters. The smallest absolute Gasteiger partial charge is 0.308 e. The number of thiophene rings is 2. The second-order valence-electron chi connectivity index (χ2n) is 13.4. The maximum Gasteiger partial charge on any atom is 0.308 e. The van der Waals surface area contributed by atoms with Gasteiger partial charge in [-0.05, 0) is 82.6 Å². The first kappa shape index (κ1) is 38.1. The molecule has 4 aromatic carbocycles. The number of nitrogens with zero attached hydrogens (tertiary/aromatic N) is 2. The molecule has 0 bridgehead atoms. The number of hydrogen-bond donors (Lipinski definition) is 2. The predicted molar refractivity (Wildman–Crippen MR) is 212 cm³/mol. The van der Waals surface area contributed by atoms with Crippen molar-refractivity contribution in [1.82, 2.24) is 9.80 Å². The lowest BCUT2D eigenvalue weighted by Gasteiger charge is -2.48. The summed E-state index contributed by atoms with van der Waals surface area (Å²) in [5.41, 5.74) is 1.50. The molecule has 0 spiro atoms. The fraction of sp³-hybridized carbons (Fsp3) is 0.182. The number of carboxylic acid groups (broad SMARTS) is 2. The first-order valence-electron chi connectivity index (χ1n) is 17.9. The average Bonchev–Trinajstić information content (AvgIpc) is 3.91. The molecule has 0 radical (unpaired) electrons. The molecule has 1 aliphatic carbocycles. The number of carbonyl (C=O) groups is 4. The molecule has 0 saturated heterocycles. The van der Waals surface area contributed by atoms with E-state index in [-0.39, 0.29) is 26.2 Å². The monoisotopic (exact) mass is 786 g/mol. The van der Waals surface area contributed by atoms with Crippen molar-refractivity contribution in [2.75, 3.05) is 0 Å². The van der Waals surface area contributed by atoms with Crippen molar-refractivity contribution in [2.24, 2.45) is 23.7 Å². The summed E-state index contributed by atoms with van der Waals surface area (Å²) in [5.74, 6) is -7.53. The third-order valence-corrected chi connectivity index (χ3v) is 11.4. The summed E-state index contributed by atoms with van der Waals surface area (Å²) in [6.07, 6.45) is 0. The van der Waals surface area contributed by atoms with E-state index in [0.29, 0.717) is 23.0 Å². The summed E-state index contributed by atoms with van der Waals surface area (Å²) >= 11 is 2.88. The second-order valence-corrected chi connectivity index (χ2v) is 15.5. The molecule has 4 atom stereocenters. The average molecular weight is 787 g/mol. The molecule has 2 N–H and O–H groups in total. The fourth-order valence-electron chi connectivity index (χ4n) is 7.02. The first-order valence-corrected chi connectivity index (χ1v) is 19.7. The van der Waals surface area contributed by atoms with Crippen LogP contribution in [0.15, 0.2) is 144 Å². The van der Waals surface area contributed by atoms with Gasteiger partial charge in [0.1, 0.15) is 23.0 Å². The number of benzene rings is 4. The molecule has 2 aromatic heterocycles. The molecule has 56 heavy (non-hydrogen) atoms. The van der Waals surface area contributed by atoms with E-state index >= 15 is 0 Å². The van der Waals surface area contributed by atoms with Gasteiger partial charge in [0.05, 0.1) is 36.8 Å². The molecular weight excluding hydrogens is 749 g/mol. The van der Waals surface area contributed by atoms with E-state index in [1.807, 2.05) is 120 Å². The van der Waals surface area contributed by atoms with E-state index < -0.39 is 47.4 Å². The van der Waals surface area contributed by atoms with Crippen LogP contribution in [0.25, 0.3) is 0 Å². The van der Waals surface area contributed by atoms with Crippen LogP contribution < -0.4 is 9.47 Å². The van der Waals surface area contributed by atoms with Gasteiger partial charge in [0.25, 0.3) is 0 Å². The van der Waals surface area contributed by atoms with Crippen LogP contribution in [0.4, 0.5) is 0 Å². The highest BCUT2D eigenvalue weighted by molar-refractivity contribution is 7.10. The van der Waals surface area contributed by atoms with E-state index in [2.05, 4.69) is 0 Å². The maximum absolute atomic E-state index is 14.7. The fourth-order valence-corrected chi connectivity index (χ4v) is 8.46. The Hall–Kier alpha value is -6.24. The zero-order valence-electron chi connectivity index (χ0n) is 30.0. The van der Waals surface area contributed by atoms with Gasteiger partial charge < -0.3 is 29.5 Å². The normalized spacial score (nSPS) is 17.3. The van der Waals surface area contributed by atoms with E-state index in [0.717, 1.165) is 20.9 Å². The molecule has 284 valence electrons. The molecule has 6 aromatic rings. The zero-order chi connectivity index (χ0) is 39.0. The molecule has 1 aliphatic rings. The third kappa shape index (κ3) is 8.99. The Morgan fingerprint density at radius 3 is 1.12 bits per heavy atom. The Labute approximate surface area is 331 Å². The van der Waals surface area contributed by atoms with Crippen LogP contribution in [0, 0.1) is 23.7 Å². The molecule has 2 amide bonds. The summed E-state index contributed by atoms with van der Waals surface area (Å²) in [6.45, 7) is 0.493. The number of carbonyl (C=O) groups excluding carboxylic acids is 2. The van der Waals surface area contributed by atoms with Gasteiger partial charge in [-0.15, -0.1) is 22.7 Å². The second kappa shape index (κ2) is 17.5. The predicted octanol–water partition coefficient (Wildman–Crippen LogP) is 8.80. The highest BCUT2D eigenvalue weighted by atomic mass is 32.1. The molecule has 0 aliphatic heterocycles. The number of rotatable bonds is 16. The minimum absolute atomic E-state index is 0.0974. The number of para-hydroxylation sites is 2. The Balaban J connectivity index is 1.16. The van der Waals surface area contributed by atoms with Crippen LogP contribution in [-0.2, 0) is 45.4 Å². The van der Waals surface area contributed by atoms with E-state index in [1.54, 1.807) is 24.3 Å². The number of ether oxygens (including phenoxy) is 2. The van der Waals surface area contributed by atoms with Crippen molar-refractivity contribution in [3.05, 3.63) is 165 Å². The standard InChI is InChI=1S/C44H38N2O8S2/c47-41(45(27-35-13-7-23-55-35)25-29-15-19-33(20-16-29)53-31-9-3-1-4-10-31)37-38(40(44(51)52)39(37)43(49)50)42(48)46(28-36-14-8-24-56-36)26-30-17-21-34(22-18-30)54-32-11-5-2-6-12-32/h1-24,37-40H,25-28H2,(H,49,50)(H,51,52)/t37-,38-,39-,40-/m1/s1. The van der Waals surface area contributed by atoms with Gasteiger partial charge in [-0.1, -0.05) is 72.8 Å². The summed E-state index contributed by atoms with van der Waals surface area (Å²) in [7, 11) is 0. The molecular formula is C44H38N2O8S2. The molecule has 12 heteroatoms. The van der Waals surface area contributed by atoms with Gasteiger partial charge in [-0.2, -0.15) is 0 Å². The molecule has 1 saturated carbocycles. The number of amides is 2. The molecule has 7 rings (SSSR count). The van der Waals surface area contributed by atoms with Crippen LogP contribution >= 0.6 is 22.7 Å². The lowest BCUT2D eigenvalue weighted by Crippen LogP contribution is -2.64. The van der Waals surface area contributed by atoms with Crippen molar-refractivity contribution >= 4 is 46.4 Å². The van der Waals surface area contributed by atoms with Gasteiger partial charge in [-0.3, -0.25) is 19.2 Å². The van der Waals surface area contributed by atoms with Crippen molar-refractivity contribution in [2.45, 2.75) is 26.2 Å². The van der Waals surface area contributed by atoms with E-state index in [4.69, 9.17) is 9.47 Å². The van der Waals surface area contributed by atoms with Gasteiger partial charge >= 0.3 is 11.9 Å². The van der Waals surface area contributed by atoms with Gasteiger partial charge in [0.15, 0.2) is 0 Å². The Kier molecular flexibility index (Phi) is 11.9. The van der Waals surface area contributed by atoms with E-state index in [1.165, 1.54) is 32.5 Å². The number of hydrogen-bond acceptors (Lipinski definition) is 8. The topological polar surface area (TPSA) is 134 Å². The van der Waals surface area contributed by atoms with Crippen LogP contribution in [0.5, 0.6) is 23.0 Å². The van der Waals surface area contributed by atoms with Gasteiger partial charge in [0.2, 0.25) is 11.8 Å². The quantitative estimate of drug-likeness (QED) is 0.0995. The third-order valence-electron chi connectivity index (χ3n) is 9.72. The maximum atomic E-state index is 14.7. The van der Waals surface area contributed by atoms with Crippen LogP contribution in [-0.4, -0.2) is 43.8 Å². The van der Waals surface area contributed by atoms with Crippen molar-refractivity contribution < 1.29 is 38.9 Å². The van der Waals surface area contributed by atoms with Gasteiger partial charge in [-0.25, -0.2) is 0 Å². The summed E-state index contributed by atoms with van der Waals surface area (Å²) < 4.78 is 11.9. The highest BCUT2D eigenvalue weighted by Crippen LogP contribution is 2.49. The number of aliphatic carboxylic acids is 2. The summed E-state index contributed by atoms with van der Waals surface area (Å²) in [6, 6.07) is 40.5. The lowest BCUT2D eigenvalue weighted by molar-refractivity contribution is -0.188. The molecule has 10 nitrogen and oxygen atoms in total. The molecule has 1 fully saturated rings. The van der Waals surface area contributed by atoms with Crippen molar-refractivity contribution in [1.29, 1.82) is 0 Å². The highest BCUT2D eigenvalue weighted by Gasteiger charge is 2.65. The zero-order valence-corrected chi connectivity index (χ0v) is 31.7. The lowest BCUT2D eigenvalue weighted by atomic mass is 9.55. The van der Waals surface area contributed by atoms with Crippen LogP contribution in [0.3, 0.4) is 0 Å². The molecule has 2 heterocycles. The Morgan fingerprint density at radius 2 is 0.804 bits per heavy atom. The first-order chi connectivity index (χ1) is 27.2. The Bertz CT molecular complexity index is 2070. The Morgan fingerprint density at radius 1 is 0.446 bits per heavy atom. The van der Waals surface area contributed by atoms with Gasteiger partial charge in [0, 0.05) is 22.8 Å².